The van der Waals surface area contributed by atoms with Crippen molar-refractivity contribution in [1.29, 1.82) is 0 Å². The first-order chi connectivity index (χ1) is 19.0. The lowest BCUT2D eigenvalue weighted by molar-refractivity contribution is -0.269. The number of fused-ring (bicyclic) bond motifs is 1. The highest BCUT2D eigenvalue weighted by Crippen LogP contribution is 2.49. The molecule has 2 unspecified atom stereocenters. The number of nitrogens with one attached hydrogen (secondary N) is 3. The third-order valence-corrected chi connectivity index (χ3v) is 6.83. The van der Waals surface area contributed by atoms with E-state index in [0.29, 0.717) is 29.0 Å². The van der Waals surface area contributed by atoms with Crippen molar-refractivity contribution >= 4 is 44.2 Å². The summed E-state index contributed by atoms with van der Waals surface area (Å²) in [6.45, 7) is 5.06. The van der Waals surface area contributed by atoms with Gasteiger partial charge in [-0.3, -0.25) is 19.9 Å². The van der Waals surface area contributed by atoms with Crippen LogP contribution in [-0.4, -0.2) is 30.1 Å². The average Bonchev–Trinajstić information content (AvgIpc) is 3.33. The first-order valence-electron chi connectivity index (χ1n) is 12.3. The van der Waals surface area contributed by atoms with E-state index in [4.69, 9.17) is 4.84 Å². The molecule has 0 aromatic heterocycles. The zero-order valence-electron chi connectivity index (χ0n) is 21.8. The molecule has 3 N–H and O–H groups in total. The molecule has 0 aliphatic carbocycles. The maximum absolute atomic E-state index is 14.5. The van der Waals surface area contributed by atoms with Gasteiger partial charge in [-0.25, -0.2) is 0 Å². The summed E-state index contributed by atoms with van der Waals surface area (Å²) in [5, 5.41) is 6.03. The Kier molecular flexibility index (Phi) is 8.16. The van der Waals surface area contributed by atoms with Crippen LogP contribution >= 0.6 is 15.9 Å². The molecule has 41 heavy (non-hydrogen) atoms. The minimum Gasteiger partial charge on any atom is -0.352 e. The molecule has 0 radical (unpaired) electrons. The predicted molar refractivity (Wildman–Crippen MR) is 143 cm³/mol. The van der Waals surface area contributed by atoms with Crippen LogP contribution in [-0.2, 0) is 21.4 Å². The molecule has 13 heteroatoms. The topological polar surface area (TPSA) is 79.5 Å². The Morgan fingerprint density at radius 1 is 0.927 bits per heavy atom. The second kappa shape index (κ2) is 11.0. The normalized spacial score (nSPS) is 18.2. The van der Waals surface area contributed by atoms with Gasteiger partial charge in [-0.2, -0.15) is 26.3 Å². The molecule has 0 bridgehead atoms. The molecular formula is C28H24BrF6N3O3. The largest absolute Gasteiger partial charge is 0.428 e. The lowest BCUT2D eigenvalue weighted by Gasteiger charge is -2.29. The first-order valence-corrected chi connectivity index (χ1v) is 13.1. The summed E-state index contributed by atoms with van der Waals surface area (Å²) in [6.07, 6.45) is -9.38. The summed E-state index contributed by atoms with van der Waals surface area (Å²) < 4.78 is 83.6. The van der Waals surface area contributed by atoms with Crippen molar-refractivity contribution in [2.75, 3.05) is 0 Å². The summed E-state index contributed by atoms with van der Waals surface area (Å²) in [4.78, 5) is 30.4. The van der Waals surface area contributed by atoms with E-state index >= 15 is 0 Å². The molecule has 0 fully saturated rings. The number of hydroxylamine groups is 1. The number of alkyl halides is 6. The lowest BCUT2D eigenvalue weighted by Crippen LogP contribution is -2.46. The predicted octanol–water partition coefficient (Wildman–Crippen LogP) is 6.60. The van der Waals surface area contributed by atoms with Crippen molar-refractivity contribution in [3.8, 4) is 0 Å². The number of carbonyl (C=O) groups excluding carboxylic acids is 2. The van der Waals surface area contributed by atoms with E-state index in [9.17, 15) is 35.9 Å². The van der Waals surface area contributed by atoms with Crippen LogP contribution in [0.2, 0.25) is 0 Å². The Morgan fingerprint density at radius 2 is 1.59 bits per heavy atom. The molecule has 218 valence electrons. The van der Waals surface area contributed by atoms with Crippen molar-refractivity contribution in [1.82, 2.24) is 16.1 Å². The van der Waals surface area contributed by atoms with E-state index < -0.39 is 46.9 Å². The molecule has 1 aliphatic rings. The van der Waals surface area contributed by atoms with Gasteiger partial charge in [-0.15, -0.1) is 0 Å². The van der Waals surface area contributed by atoms with Crippen molar-refractivity contribution in [3.63, 3.8) is 0 Å². The number of amides is 2. The summed E-state index contributed by atoms with van der Waals surface area (Å²) in [6, 6.07) is 10.2. The number of hydrogen-bond donors (Lipinski definition) is 3. The first kappa shape index (κ1) is 30.4. The minimum atomic E-state index is -5.16. The van der Waals surface area contributed by atoms with Crippen LogP contribution < -0.4 is 16.1 Å². The van der Waals surface area contributed by atoms with Gasteiger partial charge in [-0.1, -0.05) is 46.3 Å². The van der Waals surface area contributed by atoms with Crippen molar-refractivity contribution in [2.45, 2.75) is 50.8 Å². The van der Waals surface area contributed by atoms with Gasteiger partial charge in [0.15, 0.2) is 0 Å². The van der Waals surface area contributed by atoms with E-state index in [-0.39, 0.29) is 27.3 Å². The van der Waals surface area contributed by atoms with Gasteiger partial charge in [0.2, 0.25) is 11.5 Å². The Bertz CT molecular complexity index is 1540. The van der Waals surface area contributed by atoms with Crippen LogP contribution in [0.5, 0.6) is 0 Å². The van der Waals surface area contributed by atoms with Gasteiger partial charge in [0, 0.05) is 27.2 Å². The van der Waals surface area contributed by atoms with E-state index in [1.165, 1.54) is 19.1 Å². The molecule has 4 rings (SSSR count). The molecule has 3 aromatic carbocycles. The SMILES string of the molecule is CC(C)NC(=O)C(C)NC(=O)c1ccc(C2=CC(c3cc(Br)cc(C(F)(F)F)c3)(C(F)(F)F)ON2)c2ccccc12. The summed E-state index contributed by atoms with van der Waals surface area (Å²) in [7, 11) is 0. The van der Waals surface area contributed by atoms with E-state index in [0.717, 1.165) is 6.07 Å². The Balaban J connectivity index is 1.78. The number of benzene rings is 3. The van der Waals surface area contributed by atoms with Gasteiger partial charge in [0.1, 0.15) is 6.04 Å². The minimum absolute atomic E-state index is 0.141. The average molecular weight is 644 g/mol. The molecule has 1 heterocycles. The molecule has 1 aliphatic heterocycles. The van der Waals surface area contributed by atoms with E-state index in [2.05, 4.69) is 32.0 Å². The second-order valence-electron chi connectivity index (χ2n) is 9.79. The van der Waals surface area contributed by atoms with Crippen LogP contribution in [0.15, 0.2) is 65.1 Å². The quantitative estimate of drug-likeness (QED) is 0.265. The molecule has 3 aromatic rings. The van der Waals surface area contributed by atoms with Crippen LogP contribution in [0.1, 0.15) is 47.8 Å². The summed E-state index contributed by atoms with van der Waals surface area (Å²) >= 11 is 2.87. The van der Waals surface area contributed by atoms with Crippen LogP contribution in [0.4, 0.5) is 26.3 Å². The van der Waals surface area contributed by atoms with Gasteiger partial charge in [-0.05, 0) is 61.9 Å². The zero-order chi connectivity index (χ0) is 30.3. The van der Waals surface area contributed by atoms with E-state index in [1.807, 2.05) is 0 Å². The molecule has 2 atom stereocenters. The molecule has 0 saturated heterocycles. The molecule has 2 amide bonds. The number of rotatable bonds is 6. The van der Waals surface area contributed by atoms with Gasteiger partial charge < -0.3 is 10.6 Å². The fraction of sp³-hybridized carbons (Fsp3) is 0.286. The number of carbonyl (C=O) groups is 2. The highest BCUT2D eigenvalue weighted by atomic mass is 79.9. The van der Waals surface area contributed by atoms with Crippen molar-refractivity contribution < 1.29 is 40.8 Å². The summed E-state index contributed by atoms with van der Waals surface area (Å²) in [5.41, 5.74) is -2.87. The molecule has 0 saturated carbocycles. The van der Waals surface area contributed by atoms with Crippen LogP contribution in [0.25, 0.3) is 16.5 Å². The fourth-order valence-corrected chi connectivity index (χ4v) is 4.92. The lowest BCUT2D eigenvalue weighted by atomic mass is 9.89. The molecule has 0 spiro atoms. The second-order valence-corrected chi connectivity index (χ2v) is 10.7. The maximum Gasteiger partial charge on any atom is 0.428 e. The number of hydrogen-bond acceptors (Lipinski definition) is 4. The third kappa shape index (κ3) is 6.05. The Morgan fingerprint density at radius 3 is 2.20 bits per heavy atom. The Hall–Kier alpha value is -3.58. The van der Waals surface area contributed by atoms with E-state index in [1.54, 1.807) is 38.1 Å². The van der Waals surface area contributed by atoms with Crippen molar-refractivity contribution in [3.05, 3.63) is 87.4 Å². The van der Waals surface area contributed by atoms with Crippen LogP contribution in [0.3, 0.4) is 0 Å². The van der Waals surface area contributed by atoms with Gasteiger partial charge in [0.05, 0.1) is 11.3 Å². The molecule has 6 nitrogen and oxygen atoms in total. The monoisotopic (exact) mass is 643 g/mol. The Labute approximate surface area is 239 Å². The highest BCUT2D eigenvalue weighted by Gasteiger charge is 2.60. The number of halogens is 7. The highest BCUT2D eigenvalue weighted by molar-refractivity contribution is 9.10. The summed E-state index contributed by atoms with van der Waals surface area (Å²) in [5.74, 6) is -0.973. The maximum atomic E-state index is 14.5. The smallest absolute Gasteiger partial charge is 0.352 e. The fourth-order valence-electron chi connectivity index (χ4n) is 4.43. The molecular weight excluding hydrogens is 620 g/mol. The zero-order valence-corrected chi connectivity index (χ0v) is 23.4. The van der Waals surface area contributed by atoms with Crippen LogP contribution in [0, 0.1) is 0 Å². The third-order valence-electron chi connectivity index (χ3n) is 6.38. The van der Waals surface area contributed by atoms with Gasteiger partial charge >= 0.3 is 12.4 Å². The van der Waals surface area contributed by atoms with Gasteiger partial charge in [0.25, 0.3) is 5.91 Å². The standard InChI is InChI=1S/C28H24BrF6N3O3/c1-14(2)36-24(39)15(3)37-25(40)22-9-8-21(19-6-4-5-7-20(19)22)23-13-26(41-38-23,28(33,34)35)16-10-17(27(30,31)32)12-18(29)11-16/h4-15,38H,1-3H3,(H,36,39)(H,37,40). The van der Waals surface area contributed by atoms with Crippen molar-refractivity contribution in [2.24, 2.45) is 0 Å².